The lowest BCUT2D eigenvalue weighted by molar-refractivity contribution is 0.130. The molecule has 0 spiro atoms. The van der Waals surface area contributed by atoms with Crippen LogP contribution in [-0.2, 0) is 20.6 Å². The van der Waals surface area contributed by atoms with E-state index in [2.05, 4.69) is 4.98 Å². The molecule has 3 heterocycles. The van der Waals surface area contributed by atoms with Crippen LogP contribution < -0.4 is 16.0 Å². The van der Waals surface area contributed by atoms with E-state index in [1.165, 1.54) is 11.6 Å². The molecule has 0 amide bonds. The number of imidazole rings is 1. The SMILES string of the molecule is Cn1c(=O)c2nc3n(c2n(C)c1=O)CC(CO)O3. The molecule has 1 N–H and O–H groups in total. The van der Waals surface area contributed by atoms with Gasteiger partial charge in [-0.3, -0.25) is 18.5 Å². The highest BCUT2D eigenvalue weighted by atomic mass is 16.5. The topological polar surface area (TPSA) is 91.3 Å². The van der Waals surface area contributed by atoms with Crippen molar-refractivity contribution < 1.29 is 9.84 Å². The summed E-state index contributed by atoms with van der Waals surface area (Å²) in [6.45, 7) is 0.242. The summed E-state index contributed by atoms with van der Waals surface area (Å²) in [7, 11) is 2.98. The van der Waals surface area contributed by atoms with Crippen LogP contribution in [0.15, 0.2) is 9.59 Å². The summed E-state index contributed by atoms with van der Waals surface area (Å²) in [5.41, 5.74) is -0.234. The van der Waals surface area contributed by atoms with E-state index >= 15 is 0 Å². The highest BCUT2D eigenvalue weighted by Crippen LogP contribution is 2.24. The van der Waals surface area contributed by atoms with Gasteiger partial charge in [0.25, 0.3) is 11.6 Å². The maximum absolute atomic E-state index is 11.9. The number of rotatable bonds is 1. The van der Waals surface area contributed by atoms with Gasteiger partial charge in [0.2, 0.25) is 0 Å². The average Bonchev–Trinajstić information content (AvgIpc) is 2.90. The van der Waals surface area contributed by atoms with E-state index in [4.69, 9.17) is 9.84 Å². The molecule has 96 valence electrons. The molecule has 0 aromatic carbocycles. The summed E-state index contributed by atoms with van der Waals surface area (Å²) >= 11 is 0. The van der Waals surface area contributed by atoms with Crippen LogP contribution in [0.3, 0.4) is 0 Å². The van der Waals surface area contributed by atoms with E-state index in [1.807, 2.05) is 0 Å². The fourth-order valence-electron chi connectivity index (χ4n) is 2.21. The van der Waals surface area contributed by atoms with E-state index < -0.39 is 11.2 Å². The van der Waals surface area contributed by atoms with Crippen LogP contribution in [0, 0.1) is 0 Å². The van der Waals surface area contributed by atoms with Crippen molar-refractivity contribution in [2.24, 2.45) is 14.1 Å². The first-order valence-electron chi connectivity index (χ1n) is 5.48. The maximum Gasteiger partial charge on any atom is 0.332 e. The first-order valence-corrected chi connectivity index (χ1v) is 5.48. The van der Waals surface area contributed by atoms with Crippen molar-refractivity contribution in [1.82, 2.24) is 18.7 Å². The molecule has 0 radical (unpaired) electrons. The molecule has 0 saturated heterocycles. The fraction of sp³-hybridized carbons (Fsp3) is 0.500. The lowest BCUT2D eigenvalue weighted by Gasteiger charge is -2.07. The number of aliphatic hydroxyl groups excluding tert-OH is 1. The predicted molar refractivity (Wildman–Crippen MR) is 61.7 cm³/mol. The Morgan fingerprint density at radius 2 is 2.11 bits per heavy atom. The van der Waals surface area contributed by atoms with Crippen LogP contribution in [-0.4, -0.2) is 36.5 Å². The number of aromatic nitrogens is 4. The molecule has 1 atom stereocenters. The Labute approximate surface area is 101 Å². The Morgan fingerprint density at radius 3 is 2.78 bits per heavy atom. The molecule has 8 nitrogen and oxygen atoms in total. The van der Waals surface area contributed by atoms with Crippen molar-refractivity contribution in [2.45, 2.75) is 12.6 Å². The smallest absolute Gasteiger partial charge is 0.332 e. The van der Waals surface area contributed by atoms with Gasteiger partial charge in [-0.05, 0) is 0 Å². The largest absolute Gasteiger partial charge is 0.457 e. The highest BCUT2D eigenvalue weighted by Gasteiger charge is 2.28. The molecule has 1 unspecified atom stereocenters. The van der Waals surface area contributed by atoms with Crippen molar-refractivity contribution in [3.8, 4) is 6.01 Å². The van der Waals surface area contributed by atoms with E-state index in [1.54, 1.807) is 11.6 Å². The molecule has 0 bridgehead atoms. The minimum absolute atomic E-state index is 0.135. The second-order valence-electron chi connectivity index (χ2n) is 4.31. The van der Waals surface area contributed by atoms with Crippen LogP contribution in [0.4, 0.5) is 0 Å². The lowest BCUT2D eigenvalue weighted by atomic mass is 10.4. The normalized spacial score (nSPS) is 18.1. The molecule has 1 aliphatic rings. The van der Waals surface area contributed by atoms with E-state index in [-0.39, 0.29) is 24.2 Å². The van der Waals surface area contributed by atoms with Gasteiger partial charge in [-0.2, -0.15) is 4.98 Å². The molecule has 0 fully saturated rings. The minimum Gasteiger partial charge on any atom is -0.457 e. The Hall–Kier alpha value is -2.09. The molecule has 8 heteroatoms. The van der Waals surface area contributed by atoms with Crippen LogP contribution in [0.25, 0.3) is 11.2 Å². The number of aryl methyl sites for hydroxylation is 1. The molecular weight excluding hydrogens is 240 g/mol. The van der Waals surface area contributed by atoms with Crippen LogP contribution >= 0.6 is 0 Å². The quantitative estimate of drug-likeness (QED) is 0.645. The molecule has 3 rings (SSSR count). The third-order valence-electron chi connectivity index (χ3n) is 3.17. The van der Waals surface area contributed by atoms with E-state index in [0.717, 1.165) is 4.57 Å². The van der Waals surface area contributed by atoms with Crippen LogP contribution in [0.1, 0.15) is 0 Å². The zero-order valence-corrected chi connectivity index (χ0v) is 9.95. The van der Waals surface area contributed by atoms with Crippen molar-refractivity contribution in [1.29, 1.82) is 0 Å². The number of hydrogen-bond donors (Lipinski definition) is 1. The van der Waals surface area contributed by atoms with Crippen LogP contribution in [0.2, 0.25) is 0 Å². The summed E-state index contributed by atoms with van der Waals surface area (Å²) < 4.78 is 9.37. The third-order valence-corrected chi connectivity index (χ3v) is 3.17. The molecule has 1 aliphatic heterocycles. The van der Waals surface area contributed by atoms with Crippen molar-refractivity contribution in [3.05, 3.63) is 20.8 Å². The van der Waals surface area contributed by atoms with Gasteiger partial charge in [0.05, 0.1) is 13.2 Å². The number of hydrogen-bond acceptors (Lipinski definition) is 5. The molecule has 2 aromatic heterocycles. The minimum atomic E-state index is -0.445. The van der Waals surface area contributed by atoms with Gasteiger partial charge >= 0.3 is 5.69 Å². The van der Waals surface area contributed by atoms with Crippen molar-refractivity contribution in [3.63, 3.8) is 0 Å². The number of fused-ring (bicyclic) bond motifs is 3. The first kappa shape index (κ1) is 11.0. The Kier molecular flexibility index (Phi) is 2.11. The monoisotopic (exact) mass is 252 g/mol. The average molecular weight is 252 g/mol. The Balaban J connectivity index is 2.40. The van der Waals surface area contributed by atoms with Gasteiger partial charge in [-0.15, -0.1) is 0 Å². The number of nitrogens with zero attached hydrogens (tertiary/aromatic N) is 4. The zero-order chi connectivity index (χ0) is 13.0. The van der Waals surface area contributed by atoms with Gasteiger partial charge in [0.1, 0.15) is 6.10 Å². The zero-order valence-electron chi connectivity index (χ0n) is 9.95. The predicted octanol–water partition coefficient (Wildman–Crippen LogP) is -1.81. The van der Waals surface area contributed by atoms with Crippen molar-refractivity contribution >= 4 is 11.2 Å². The summed E-state index contributed by atoms with van der Waals surface area (Å²) in [6, 6.07) is 0.266. The molecule has 2 aromatic rings. The van der Waals surface area contributed by atoms with E-state index in [0.29, 0.717) is 12.2 Å². The van der Waals surface area contributed by atoms with E-state index in [9.17, 15) is 9.59 Å². The second-order valence-corrected chi connectivity index (χ2v) is 4.31. The Morgan fingerprint density at radius 1 is 1.39 bits per heavy atom. The van der Waals surface area contributed by atoms with Crippen LogP contribution in [0.5, 0.6) is 6.01 Å². The molecular formula is C10H12N4O4. The number of ether oxygens (including phenoxy) is 1. The maximum atomic E-state index is 11.9. The molecule has 0 saturated carbocycles. The van der Waals surface area contributed by atoms with Gasteiger partial charge < -0.3 is 9.84 Å². The second kappa shape index (κ2) is 3.45. The third kappa shape index (κ3) is 1.20. The van der Waals surface area contributed by atoms with Gasteiger partial charge in [0, 0.05) is 14.1 Å². The first-order chi connectivity index (χ1) is 8.54. The summed E-state index contributed by atoms with van der Waals surface area (Å²) in [4.78, 5) is 27.9. The standard InChI is InChI=1S/C10H12N4O4/c1-12-7-6(8(16)13(2)10(12)17)11-9-14(7)3-5(4-15)18-9/h5,15H,3-4H2,1-2H3. The fourth-order valence-corrected chi connectivity index (χ4v) is 2.21. The Bertz CT molecular complexity index is 754. The number of aliphatic hydroxyl groups is 1. The van der Waals surface area contributed by atoms with Gasteiger partial charge in [0.15, 0.2) is 11.2 Å². The molecule has 0 aliphatic carbocycles. The lowest BCUT2D eigenvalue weighted by Crippen LogP contribution is -2.37. The summed E-state index contributed by atoms with van der Waals surface area (Å²) in [5, 5.41) is 9.05. The van der Waals surface area contributed by atoms with Crippen molar-refractivity contribution in [2.75, 3.05) is 6.61 Å². The summed E-state index contributed by atoms with van der Waals surface area (Å²) in [6.07, 6.45) is -0.379. The van der Waals surface area contributed by atoms with Gasteiger partial charge in [-0.1, -0.05) is 0 Å². The summed E-state index contributed by atoms with van der Waals surface area (Å²) in [5.74, 6) is 0. The molecule has 18 heavy (non-hydrogen) atoms. The van der Waals surface area contributed by atoms with Gasteiger partial charge in [-0.25, -0.2) is 4.79 Å². The highest BCUT2D eigenvalue weighted by molar-refractivity contribution is 5.72.